The molecule has 2 aromatic carbocycles. The van der Waals surface area contributed by atoms with Gasteiger partial charge in [-0.3, -0.25) is 4.40 Å². The van der Waals surface area contributed by atoms with Crippen molar-refractivity contribution in [3.63, 3.8) is 0 Å². The van der Waals surface area contributed by atoms with Crippen LogP contribution in [0.3, 0.4) is 0 Å². The van der Waals surface area contributed by atoms with Crippen LogP contribution in [0.15, 0.2) is 46.6 Å². The third kappa shape index (κ3) is 3.02. The molecule has 0 spiro atoms. The molecule has 172 valence electrons. The Kier molecular flexibility index (Phi) is 4.50. The second-order valence-corrected chi connectivity index (χ2v) is 10.5. The first-order chi connectivity index (χ1) is 16.3. The van der Waals surface area contributed by atoms with Gasteiger partial charge in [-0.25, -0.2) is 17.8 Å². The summed E-state index contributed by atoms with van der Waals surface area (Å²) in [6.45, 7) is 4.17. The largest absolute Gasteiger partial charge is 0.493 e. The zero-order chi connectivity index (χ0) is 23.6. The Morgan fingerprint density at radius 2 is 2.09 bits per heavy atom. The third-order valence-corrected chi connectivity index (χ3v) is 8.42. The Morgan fingerprint density at radius 1 is 1.24 bits per heavy atom. The average Bonchev–Trinajstić information content (AvgIpc) is 3.51. The second kappa shape index (κ2) is 7.36. The summed E-state index contributed by atoms with van der Waals surface area (Å²) in [5.41, 5.74) is 4.80. The van der Waals surface area contributed by atoms with E-state index in [1.165, 1.54) is 12.4 Å². The molecule has 0 atom stereocenters. The highest BCUT2D eigenvalue weighted by molar-refractivity contribution is 7.95. The monoisotopic (exact) mass is 477 g/mol. The number of halogens is 1. The van der Waals surface area contributed by atoms with Gasteiger partial charge in [-0.05, 0) is 60.9 Å². The van der Waals surface area contributed by atoms with E-state index < -0.39 is 9.84 Å². The summed E-state index contributed by atoms with van der Waals surface area (Å²) in [7, 11) is -3.43. The first-order valence-corrected chi connectivity index (χ1v) is 12.3. The summed E-state index contributed by atoms with van der Waals surface area (Å²) in [5, 5.41) is 11.5. The zero-order valence-corrected chi connectivity index (χ0v) is 19.3. The van der Waals surface area contributed by atoms with E-state index in [1.54, 1.807) is 36.6 Å². The lowest BCUT2D eigenvalue weighted by molar-refractivity contribution is 0.356. The number of hydrogen-bond donors (Lipinski definition) is 1. The molecule has 4 heterocycles. The molecule has 0 saturated carbocycles. The van der Waals surface area contributed by atoms with Gasteiger partial charge in [-0.1, -0.05) is 0 Å². The van der Waals surface area contributed by atoms with Gasteiger partial charge >= 0.3 is 0 Å². The summed E-state index contributed by atoms with van der Waals surface area (Å²) in [5.74, 6) is 0.894. The Hall–Kier alpha value is -3.79. The molecule has 0 amide bonds. The minimum absolute atomic E-state index is 0.234. The molecular formula is C24H20FN5O3S. The number of benzene rings is 2. The van der Waals surface area contributed by atoms with Gasteiger partial charge < -0.3 is 10.1 Å². The van der Waals surface area contributed by atoms with Crippen molar-refractivity contribution in [1.29, 1.82) is 0 Å². The van der Waals surface area contributed by atoms with E-state index in [4.69, 9.17) is 4.74 Å². The molecule has 6 rings (SSSR count). The standard InChI is InChI=1S/C24H20FN5O3S/c1-13-7-15(9-16-8-14(2)34(31,32)22(13)16)18-10-26-24(30-12-28-29-23(18)30)27-11-19-17-5-6-33-21(17)4-3-20(19)25/h3-4,7-10,12H,5-6,11H2,1-2H3,(H,26,27). The Bertz CT molecular complexity index is 1640. The zero-order valence-electron chi connectivity index (χ0n) is 18.5. The lowest BCUT2D eigenvalue weighted by Gasteiger charge is -2.13. The highest BCUT2D eigenvalue weighted by Crippen LogP contribution is 2.38. The molecule has 0 aliphatic carbocycles. The number of nitrogens with zero attached hydrogens (tertiary/aromatic N) is 4. The fourth-order valence-corrected chi connectivity index (χ4v) is 6.23. The van der Waals surface area contributed by atoms with Gasteiger partial charge in [-0.2, -0.15) is 0 Å². The normalized spacial score (nSPS) is 15.7. The van der Waals surface area contributed by atoms with E-state index in [9.17, 15) is 12.8 Å². The molecule has 0 fully saturated rings. The van der Waals surface area contributed by atoms with E-state index in [2.05, 4.69) is 20.5 Å². The van der Waals surface area contributed by atoms with Crippen molar-refractivity contribution in [2.75, 3.05) is 11.9 Å². The van der Waals surface area contributed by atoms with Crippen LogP contribution in [0.4, 0.5) is 10.3 Å². The smallest absolute Gasteiger partial charge is 0.210 e. The topological polar surface area (TPSA) is 98.5 Å². The molecule has 10 heteroatoms. The number of nitrogens with one attached hydrogen (secondary N) is 1. The summed E-state index contributed by atoms with van der Waals surface area (Å²) < 4.78 is 47.0. The van der Waals surface area contributed by atoms with Gasteiger partial charge in [0.05, 0.1) is 11.5 Å². The average molecular weight is 478 g/mol. The van der Waals surface area contributed by atoms with Crippen molar-refractivity contribution >= 4 is 27.5 Å². The quantitative estimate of drug-likeness (QED) is 0.475. The molecule has 0 bridgehead atoms. The van der Waals surface area contributed by atoms with E-state index in [-0.39, 0.29) is 12.4 Å². The molecule has 2 aromatic heterocycles. The number of anilines is 1. The molecule has 2 aliphatic rings. The predicted octanol–water partition coefficient (Wildman–Crippen LogP) is 3.93. The van der Waals surface area contributed by atoms with Crippen molar-refractivity contribution in [3.8, 4) is 16.9 Å². The molecule has 0 radical (unpaired) electrons. The van der Waals surface area contributed by atoms with Crippen LogP contribution in [0.1, 0.15) is 29.2 Å². The summed E-state index contributed by atoms with van der Waals surface area (Å²) in [6.07, 6.45) is 5.56. The number of rotatable bonds is 4. The maximum absolute atomic E-state index is 14.5. The van der Waals surface area contributed by atoms with Crippen LogP contribution in [0.25, 0.3) is 22.9 Å². The Morgan fingerprint density at radius 3 is 2.94 bits per heavy atom. The van der Waals surface area contributed by atoms with Gasteiger partial charge in [0.15, 0.2) is 5.65 Å². The van der Waals surface area contributed by atoms with Gasteiger partial charge in [0.2, 0.25) is 15.8 Å². The van der Waals surface area contributed by atoms with E-state index in [0.717, 1.165) is 11.1 Å². The first kappa shape index (κ1) is 20.8. The van der Waals surface area contributed by atoms with Gasteiger partial charge in [0.25, 0.3) is 0 Å². The molecule has 34 heavy (non-hydrogen) atoms. The molecule has 0 saturated heterocycles. The lowest BCUT2D eigenvalue weighted by Crippen LogP contribution is -2.09. The van der Waals surface area contributed by atoms with Crippen molar-refractivity contribution in [2.45, 2.75) is 31.7 Å². The van der Waals surface area contributed by atoms with Crippen LogP contribution in [-0.4, -0.2) is 34.6 Å². The van der Waals surface area contributed by atoms with E-state index in [1.807, 2.05) is 12.1 Å². The van der Waals surface area contributed by atoms with Crippen LogP contribution < -0.4 is 10.1 Å². The number of allylic oxidation sites excluding steroid dienone is 1. The molecule has 4 aromatic rings. The minimum Gasteiger partial charge on any atom is -0.493 e. The van der Waals surface area contributed by atoms with Crippen LogP contribution in [0.5, 0.6) is 5.75 Å². The highest BCUT2D eigenvalue weighted by atomic mass is 32.2. The first-order valence-electron chi connectivity index (χ1n) is 10.8. The number of aryl methyl sites for hydroxylation is 1. The van der Waals surface area contributed by atoms with Crippen molar-refractivity contribution in [3.05, 3.63) is 69.8 Å². The molecule has 2 aliphatic heterocycles. The van der Waals surface area contributed by atoms with Crippen LogP contribution in [0, 0.1) is 12.7 Å². The Balaban J connectivity index is 1.38. The SMILES string of the molecule is CC1=Cc2cc(-c3cnc(NCc4c(F)ccc5c4CCO5)n4cnnc34)cc(C)c2S1(=O)=O. The van der Waals surface area contributed by atoms with Crippen molar-refractivity contribution < 1.29 is 17.5 Å². The number of sulfone groups is 1. The van der Waals surface area contributed by atoms with Gasteiger partial charge in [-0.15, -0.1) is 10.2 Å². The summed E-state index contributed by atoms with van der Waals surface area (Å²) >= 11 is 0. The van der Waals surface area contributed by atoms with Crippen LogP contribution in [-0.2, 0) is 22.8 Å². The third-order valence-electron chi connectivity index (χ3n) is 6.36. The lowest BCUT2D eigenvalue weighted by atomic mass is 10.0. The summed E-state index contributed by atoms with van der Waals surface area (Å²) in [4.78, 5) is 5.22. The molecule has 1 N–H and O–H groups in total. The van der Waals surface area contributed by atoms with Crippen molar-refractivity contribution in [1.82, 2.24) is 19.6 Å². The van der Waals surface area contributed by atoms with E-state index in [0.29, 0.717) is 62.4 Å². The predicted molar refractivity (Wildman–Crippen MR) is 125 cm³/mol. The summed E-state index contributed by atoms with van der Waals surface area (Å²) in [6, 6.07) is 6.73. The number of hydrogen-bond acceptors (Lipinski definition) is 7. The minimum atomic E-state index is -3.43. The number of aromatic nitrogens is 4. The highest BCUT2D eigenvalue weighted by Gasteiger charge is 2.29. The maximum Gasteiger partial charge on any atom is 0.210 e. The fourth-order valence-electron chi connectivity index (χ4n) is 4.72. The van der Waals surface area contributed by atoms with E-state index >= 15 is 0 Å². The number of ether oxygens (including phenoxy) is 1. The van der Waals surface area contributed by atoms with Gasteiger partial charge in [0, 0.05) is 40.8 Å². The second-order valence-electron chi connectivity index (χ2n) is 8.44. The van der Waals surface area contributed by atoms with Crippen LogP contribution in [0.2, 0.25) is 0 Å². The Labute approximate surface area is 195 Å². The fraction of sp³-hybridized carbons (Fsp3) is 0.208. The molecular weight excluding hydrogens is 457 g/mol. The molecule has 0 unspecified atom stereocenters. The van der Waals surface area contributed by atoms with Crippen LogP contribution >= 0.6 is 0 Å². The maximum atomic E-state index is 14.5. The number of fused-ring (bicyclic) bond motifs is 3. The van der Waals surface area contributed by atoms with Gasteiger partial charge in [0.1, 0.15) is 17.9 Å². The molecule has 8 nitrogen and oxygen atoms in total. The van der Waals surface area contributed by atoms with Crippen molar-refractivity contribution in [2.24, 2.45) is 0 Å².